The number of aliphatic carboxylic acids is 1. The summed E-state index contributed by atoms with van der Waals surface area (Å²) in [7, 11) is -3.74. The summed E-state index contributed by atoms with van der Waals surface area (Å²) in [5.74, 6) is -1.75. The lowest BCUT2D eigenvalue weighted by molar-refractivity contribution is -0.139. The molecule has 1 fully saturated rings. The molecule has 0 heterocycles. The minimum atomic E-state index is -3.74. The number of nitrogens with one attached hydrogen (secondary N) is 2. The first-order chi connectivity index (χ1) is 10.8. The summed E-state index contributed by atoms with van der Waals surface area (Å²) in [6.07, 6.45) is 2.93. The molecule has 0 saturated heterocycles. The number of carbonyl (C=O) groups excluding carboxylic acids is 1. The minimum absolute atomic E-state index is 0.0578. The SMILES string of the molecule is C=CCNS(=O)(=O)c1cccc(C(=O)NC(C(=O)O)C2CC2)c1. The number of carbonyl (C=O) groups is 2. The normalized spacial score (nSPS) is 15.7. The van der Waals surface area contributed by atoms with E-state index in [1.54, 1.807) is 0 Å². The highest BCUT2D eigenvalue weighted by Gasteiger charge is 2.37. The summed E-state index contributed by atoms with van der Waals surface area (Å²) < 4.78 is 26.4. The first-order valence-electron chi connectivity index (χ1n) is 7.09. The van der Waals surface area contributed by atoms with Crippen LogP contribution in [0, 0.1) is 5.92 Å². The quantitative estimate of drug-likeness (QED) is 0.605. The van der Waals surface area contributed by atoms with Gasteiger partial charge in [0.25, 0.3) is 5.91 Å². The Morgan fingerprint density at radius 1 is 1.39 bits per heavy atom. The van der Waals surface area contributed by atoms with Crippen molar-refractivity contribution in [1.29, 1.82) is 0 Å². The Labute approximate surface area is 134 Å². The molecule has 1 aromatic carbocycles. The van der Waals surface area contributed by atoms with Gasteiger partial charge in [-0.2, -0.15) is 0 Å². The second-order valence-electron chi connectivity index (χ2n) is 5.30. The molecular formula is C15H18N2O5S. The molecule has 1 amide bonds. The molecule has 1 atom stereocenters. The number of rotatable bonds is 8. The maximum atomic E-state index is 12.2. The van der Waals surface area contributed by atoms with Crippen molar-refractivity contribution in [1.82, 2.24) is 10.0 Å². The molecule has 1 aliphatic carbocycles. The molecule has 124 valence electrons. The van der Waals surface area contributed by atoms with Crippen LogP contribution in [0.1, 0.15) is 23.2 Å². The molecule has 3 N–H and O–H groups in total. The van der Waals surface area contributed by atoms with Crippen molar-refractivity contribution in [3.8, 4) is 0 Å². The van der Waals surface area contributed by atoms with Gasteiger partial charge < -0.3 is 10.4 Å². The van der Waals surface area contributed by atoms with E-state index in [0.29, 0.717) is 0 Å². The van der Waals surface area contributed by atoms with Crippen molar-refractivity contribution >= 4 is 21.9 Å². The lowest BCUT2D eigenvalue weighted by Gasteiger charge is -2.14. The number of carboxylic acids is 1. The van der Waals surface area contributed by atoms with Crippen molar-refractivity contribution < 1.29 is 23.1 Å². The highest BCUT2D eigenvalue weighted by Crippen LogP contribution is 2.32. The number of benzene rings is 1. The van der Waals surface area contributed by atoms with Crippen LogP contribution in [-0.2, 0) is 14.8 Å². The monoisotopic (exact) mass is 338 g/mol. The molecule has 1 unspecified atom stereocenters. The zero-order chi connectivity index (χ0) is 17.0. The molecule has 2 rings (SSSR count). The Bertz CT molecular complexity index is 725. The van der Waals surface area contributed by atoms with E-state index in [9.17, 15) is 18.0 Å². The Morgan fingerprint density at radius 2 is 2.09 bits per heavy atom. The zero-order valence-corrected chi connectivity index (χ0v) is 13.2. The molecule has 8 heteroatoms. The minimum Gasteiger partial charge on any atom is -0.480 e. The number of sulfonamides is 1. The average Bonchev–Trinajstić information content (AvgIpc) is 3.35. The fourth-order valence-corrected chi connectivity index (χ4v) is 3.14. The second kappa shape index (κ2) is 6.93. The predicted molar refractivity (Wildman–Crippen MR) is 83.4 cm³/mol. The third kappa shape index (κ3) is 4.40. The number of hydrogen-bond acceptors (Lipinski definition) is 4. The van der Waals surface area contributed by atoms with Crippen LogP contribution in [0.3, 0.4) is 0 Å². The maximum absolute atomic E-state index is 12.2. The van der Waals surface area contributed by atoms with E-state index in [-0.39, 0.29) is 22.9 Å². The Kier molecular flexibility index (Phi) is 5.17. The van der Waals surface area contributed by atoms with Crippen LogP contribution >= 0.6 is 0 Å². The van der Waals surface area contributed by atoms with E-state index in [2.05, 4.69) is 16.6 Å². The summed E-state index contributed by atoms with van der Waals surface area (Å²) >= 11 is 0. The Hall–Kier alpha value is -2.19. The maximum Gasteiger partial charge on any atom is 0.326 e. The summed E-state index contributed by atoms with van der Waals surface area (Å²) in [5, 5.41) is 11.6. The third-order valence-corrected chi connectivity index (χ3v) is 4.89. The zero-order valence-electron chi connectivity index (χ0n) is 12.4. The topological polar surface area (TPSA) is 113 Å². The molecular weight excluding hydrogens is 320 g/mol. The number of amides is 1. The van der Waals surface area contributed by atoms with E-state index in [1.807, 2.05) is 0 Å². The summed E-state index contributed by atoms with van der Waals surface area (Å²) in [5.41, 5.74) is 0.0957. The van der Waals surface area contributed by atoms with Crippen LogP contribution in [0.15, 0.2) is 41.8 Å². The van der Waals surface area contributed by atoms with Crippen LogP contribution in [-0.4, -0.2) is 38.0 Å². The summed E-state index contributed by atoms with van der Waals surface area (Å²) in [6.45, 7) is 3.50. The highest BCUT2D eigenvalue weighted by atomic mass is 32.2. The summed E-state index contributed by atoms with van der Waals surface area (Å²) in [4.78, 5) is 23.3. The van der Waals surface area contributed by atoms with Gasteiger partial charge >= 0.3 is 5.97 Å². The molecule has 1 aliphatic rings. The molecule has 0 spiro atoms. The Balaban J connectivity index is 2.17. The van der Waals surface area contributed by atoms with Crippen LogP contribution in [0.2, 0.25) is 0 Å². The van der Waals surface area contributed by atoms with Gasteiger partial charge in [-0.1, -0.05) is 12.1 Å². The first-order valence-corrected chi connectivity index (χ1v) is 8.58. The van der Waals surface area contributed by atoms with E-state index in [1.165, 1.54) is 30.3 Å². The van der Waals surface area contributed by atoms with Gasteiger partial charge in [0.05, 0.1) is 4.90 Å². The largest absolute Gasteiger partial charge is 0.480 e. The fraction of sp³-hybridized carbons (Fsp3) is 0.333. The predicted octanol–water partition coefficient (Wildman–Crippen LogP) is 0.744. The Morgan fingerprint density at radius 3 is 2.65 bits per heavy atom. The number of carboxylic acid groups (broad SMARTS) is 1. The van der Waals surface area contributed by atoms with E-state index in [0.717, 1.165) is 12.8 Å². The molecule has 1 aromatic rings. The fourth-order valence-electron chi connectivity index (χ4n) is 2.09. The molecule has 1 saturated carbocycles. The van der Waals surface area contributed by atoms with Crippen LogP contribution in [0.4, 0.5) is 0 Å². The number of hydrogen-bond donors (Lipinski definition) is 3. The van der Waals surface area contributed by atoms with Crippen molar-refractivity contribution in [2.24, 2.45) is 5.92 Å². The third-order valence-electron chi connectivity index (χ3n) is 3.47. The lowest BCUT2D eigenvalue weighted by atomic mass is 10.1. The smallest absolute Gasteiger partial charge is 0.326 e. The van der Waals surface area contributed by atoms with Gasteiger partial charge in [0.1, 0.15) is 6.04 Å². The molecule has 7 nitrogen and oxygen atoms in total. The van der Waals surface area contributed by atoms with Gasteiger partial charge in [-0.05, 0) is 37.0 Å². The van der Waals surface area contributed by atoms with Gasteiger partial charge in [-0.15, -0.1) is 6.58 Å². The lowest BCUT2D eigenvalue weighted by Crippen LogP contribution is -2.42. The van der Waals surface area contributed by atoms with E-state index < -0.39 is 27.9 Å². The average molecular weight is 338 g/mol. The molecule has 23 heavy (non-hydrogen) atoms. The molecule has 0 aromatic heterocycles. The van der Waals surface area contributed by atoms with E-state index in [4.69, 9.17) is 5.11 Å². The molecule has 0 bridgehead atoms. The van der Waals surface area contributed by atoms with Gasteiger partial charge in [0.2, 0.25) is 10.0 Å². The van der Waals surface area contributed by atoms with Gasteiger partial charge in [0, 0.05) is 12.1 Å². The van der Waals surface area contributed by atoms with Crippen molar-refractivity contribution in [3.05, 3.63) is 42.5 Å². The molecule has 0 aliphatic heterocycles. The van der Waals surface area contributed by atoms with Gasteiger partial charge in [-0.25, -0.2) is 17.9 Å². The molecule has 0 radical (unpaired) electrons. The van der Waals surface area contributed by atoms with Crippen molar-refractivity contribution in [2.45, 2.75) is 23.8 Å². The van der Waals surface area contributed by atoms with Gasteiger partial charge in [0.15, 0.2) is 0 Å². The van der Waals surface area contributed by atoms with Crippen molar-refractivity contribution in [2.75, 3.05) is 6.54 Å². The van der Waals surface area contributed by atoms with Crippen LogP contribution in [0.5, 0.6) is 0 Å². The van der Waals surface area contributed by atoms with Crippen LogP contribution < -0.4 is 10.0 Å². The standard InChI is InChI=1S/C15H18N2O5S/c1-2-8-16-23(21,22)12-5-3-4-11(9-12)14(18)17-13(15(19)20)10-6-7-10/h2-5,9-10,13,16H,1,6-8H2,(H,17,18)(H,19,20). The van der Waals surface area contributed by atoms with Crippen LogP contribution in [0.25, 0.3) is 0 Å². The van der Waals surface area contributed by atoms with E-state index >= 15 is 0 Å². The van der Waals surface area contributed by atoms with Crippen molar-refractivity contribution in [3.63, 3.8) is 0 Å². The summed E-state index contributed by atoms with van der Waals surface area (Å²) in [6, 6.07) is 4.50. The highest BCUT2D eigenvalue weighted by molar-refractivity contribution is 7.89. The van der Waals surface area contributed by atoms with Gasteiger partial charge in [-0.3, -0.25) is 4.79 Å². The second-order valence-corrected chi connectivity index (χ2v) is 7.06. The first kappa shape index (κ1) is 17.2.